The lowest BCUT2D eigenvalue weighted by molar-refractivity contribution is 0.597. The molecule has 0 bridgehead atoms. The highest BCUT2D eigenvalue weighted by Gasteiger charge is 2.33. The number of hydrogen-bond acceptors (Lipinski definition) is 1. The number of allylic oxidation sites excluding steroid dienone is 5. The second kappa shape index (κ2) is 11.8. The van der Waals surface area contributed by atoms with E-state index in [1.165, 1.54) is 60.8 Å². The van der Waals surface area contributed by atoms with Gasteiger partial charge in [-0.15, -0.1) is 0 Å². The molecule has 1 aromatic heterocycles. The van der Waals surface area contributed by atoms with Crippen LogP contribution in [0, 0.1) is 11.8 Å². The molecule has 0 fully saturated rings. The fourth-order valence-corrected chi connectivity index (χ4v) is 7.95. The predicted molar refractivity (Wildman–Crippen MR) is 199 cm³/mol. The first-order chi connectivity index (χ1) is 23.7. The quantitative estimate of drug-likeness (QED) is 0.189. The van der Waals surface area contributed by atoms with Crippen LogP contribution in [0.1, 0.15) is 35.9 Å². The van der Waals surface area contributed by atoms with Crippen LogP contribution in [0.3, 0.4) is 0 Å². The van der Waals surface area contributed by atoms with Crippen LogP contribution >= 0.6 is 0 Å². The zero-order chi connectivity index (χ0) is 32.0. The van der Waals surface area contributed by atoms with E-state index < -0.39 is 0 Å². The summed E-state index contributed by atoms with van der Waals surface area (Å²) in [5.41, 5.74) is 13.8. The molecule has 2 nitrogen and oxygen atoms in total. The van der Waals surface area contributed by atoms with E-state index in [1.54, 1.807) is 0 Å². The monoisotopic (exact) mass is 616 g/mol. The van der Waals surface area contributed by atoms with Crippen LogP contribution in [0.25, 0.3) is 45.4 Å². The van der Waals surface area contributed by atoms with Crippen molar-refractivity contribution in [3.63, 3.8) is 0 Å². The summed E-state index contributed by atoms with van der Waals surface area (Å²) in [6, 6.07) is 48.6. The van der Waals surface area contributed by atoms with Gasteiger partial charge in [-0.25, -0.2) is 4.98 Å². The lowest BCUT2D eigenvalue weighted by Gasteiger charge is -2.35. The molecule has 0 spiro atoms. The number of hydrogen-bond donors (Lipinski definition) is 0. The number of fused-ring (bicyclic) bond motifs is 3. The van der Waals surface area contributed by atoms with Crippen LogP contribution in [-0.4, -0.2) is 9.55 Å². The molecule has 2 atom stereocenters. The number of nitrogens with zero attached hydrogens (tertiary/aromatic N) is 2. The maximum atomic E-state index is 5.18. The highest BCUT2D eigenvalue weighted by molar-refractivity contribution is 5.89. The number of aromatic nitrogens is 2. The van der Waals surface area contributed by atoms with Crippen LogP contribution < -0.4 is 10.4 Å². The van der Waals surface area contributed by atoms with Crippen molar-refractivity contribution in [2.75, 3.05) is 0 Å². The zero-order valence-corrected chi connectivity index (χ0v) is 27.1. The Balaban J connectivity index is 1.23. The average molecular weight is 617 g/mol. The molecule has 230 valence electrons. The minimum absolute atomic E-state index is 0.291. The molecule has 6 aromatic rings. The van der Waals surface area contributed by atoms with Gasteiger partial charge in [0.15, 0.2) is 0 Å². The molecule has 5 aromatic carbocycles. The van der Waals surface area contributed by atoms with Gasteiger partial charge in [-0.1, -0.05) is 146 Å². The summed E-state index contributed by atoms with van der Waals surface area (Å²) in [4.78, 5) is 5.18. The number of rotatable bonds is 5. The van der Waals surface area contributed by atoms with Gasteiger partial charge in [0.2, 0.25) is 0 Å². The lowest BCUT2D eigenvalue weighted by Crippen LogP contribution is -2.39. The van der Waals surface area contributed by atoms with Crippen LogP contribution in [-0.2, 0) is 6.42 Å². The van der Waals surface area contributed by atoms with Gasteiger partial charge in [0.1, 0.15) is 5.82 Å². The summed E-state index contributed by atoms with van der Waals surface area (Å²) in [7, 11) is 0. The zero-order valence-electron chi connectivity index (χ0n) is 27.1. The summed E-state index contributed by atoms with van der Waals surface area (Å²) in [5, 5.41) is 2.62. The van der Waals surface area contributed by atoms with Gasteiger partial charge in [0.05, 0.1) is 11.4 Å². The fraction of sp³-hybridized carbons (Fsp3) is 0.109. The second-order valence-corrected chi connectivity index (χ2v) is 13.1. The minimum Gasteiger partial charge on any atom is -0.293 e. The molecule has 0 saturated heterocycles. The van der Waals surface area contributed by atoms with Crippen molar-refractivity contribution < 1.29 is 0 Å². The highest BCUT2D eigenvalue weighted by atomic mass is 15.1. The van der Waals surface area contributed by atoms with E-state index in [0.717, 1.165) is 29.9 Å². The molecule has 1 heterocycles. The van der Waals surface area contributed by atoms with Crippen LogP contribution in [0.5, 0.6) is 0 Å². The average Bonchev–Trinajstić information content (AvgIpc) is 3.55. The Morgan fingerprint density at radius 1 is 0.646 bits per heavy atom. The first kappa shape index (κ1) is 28.5. The Hall–Kier alpha value is -5.73. The third kappa shape index (κ3) is 4.76. The molecule has 48 heavy (non-hydrogen) atoms. The third-order valence-corrected chi connectivity index (χ3v) is 10.2. The Bertz CT molecular complexity index is 2370. The molecule has 3 aliphatic carbocycles. The lowest BCUT2D eigenvalue weighted by atomic mass is 9.68. The fourth-order valence-electron chi connectivity index (χ4n) is 7.95. The highest BCUT2D eigenvalue weighted by Crippen LogP contribution is 2.43. The molecule has 9 rings (SSSR count). The Kier molecular flexibility index (Phi) is 7.01. The first-order valence-corrected chi connectivity index (χ1v) is 17.1. The van der Waals surface area contributed by atoms with Crippen LogP contribution in [0.15, 0.2) is 163 Å². The van der Waals surface area contributed by atoms with Crippen molar-refractivity contribution in [2.24, 2.45) is 11.8 Å². The molecule has 0 saturated carbocycles. The van der Waals surface area contributed by atoms with Crippen molar-refractivity contribution in [2.45, 2.75) is 19.8 Å². The normalized spacial score (nSPS) is 17.8. The van der Waals surface area contributed by atoms with Gasteiger partial charge < -0.3 is 0 Å². The Morgan fingerprint density at radius 3 is 2.06 bits per heavy atom. The maximum Gasteiger partial charge on any atom is 0.145 e. The maximum absolute atomic E-state index is 5.18. The number of para-hydroxylation sites is 1. The van der Waals surface area contributed by atoms with E-state index in [9.17, 15) is 0 Å². The van der Waals surface area contributed by atoms with Crippen molar-refractivity contribution >= 4 is 17.2 Å². The molecule has 2 heteroatoms. The molecular weight excluding hydrogens is 581 g/mol. The molecule has 3 aliphatic rings. The van der Waals surface area contributed by atoms with Gasteiger partial charge in [-0.3, -0.25) is 4.57 Å². The van der Waals surface area contributed by atoms with E-state index in [4.69, 9.17) is 4.98 Å². The van der Waals surface area contributed by atoms with Crippen molar-refractivity contribution in [3.05, 3.63) is 196 Å². The second-order valence-electron chi connectivity index (χ2n) is 13.1. The Morgan fingerprint density at radius 2 is 1.31 bits per heavy atom. The van der Waals surface area contributed by atoms with Gasteiger partial charge in [-0.05, 0) is 92.4 Å². The SMILES string of the molecule is CC1C=CC=C2C(c3ccccc3)=c3cc(-c4ccc(-c5nc6c(n5-c5ccccc5)C=CCC6)cc4)ccc3=C(c3ccccc3)C21. The van der Waals surface area contributed by atoms with E-state index in [-0.39, 0.29) is 0 Å². The van der Waals surface area contributed by atoms with E-state index >= 15 is 0 Å². The smallest absolute Gasteiger partial charge is 0.145 e. The summed E-state index contributed by atoms with van der Waals surface area (Å²) < 4.78 is 2.31. The van der Waals surface area contributed by atoms with Crippen LogP contribution in [0.2, 0.25) is 0 Å². The van der Waals surface area contributed by atoms with E-state index in [2.05, 4.69) is 175 Å². The van der Waals surface area contributed by atoms with Gasteiger partial charge in [-0.2, -0.15) is 0 Å². The van der Waals surface area contributed by atoms with E-state index in [1.807, 2.05) is 0 Å². The van der Waals surface area contributed by atoms with Gasteiger partial charge in [0.25, 0.3) is 0 Å². The van der Waals surface area contributed by atoms with Crippen molar-refractivity contribution in [1.29, 1.82) is 0 Å². The summed E-state index contributed by atoms with van der Waals surface area (Å²) in [5.74, 6) is 1.68. The summed E-state index contributed by atoms with van der Waals surface area (Å²) in [6.45, 7) is 2.36. The number of imidazole rings is 1. The summed E-state index contributed by atoms with van der Waals surface area (Å²) >= 11 is 0. The minimum atomic E-state index is 0.291. The largest absolute Gasteiger partial charge is 0.293 e. The Labute approximate surface area is 282 Å². The molecule has 0 N–H and O–H groups in total. The third-order valence-electron chi connectivity index (χ3n) is 10.2. The van der Waals surface area contributed by atoms with E-state index in [0.29, 0.717) is 11.8 Å². The molecule has 0 aliphatic heterocycles. The summed E-state index contributed by atoms with van der Waals surface area (Å²) in [6.07, 6.45) is 13.5. The van der Waals surface area contributed by atoms with Crippen LogP contribution in [0.4, 0.5) is 0 Å². The van der Waals surface area contributed by atoms with Gasteiger partial charge in [0, 0.05) is 17.2 Å². The number of aryl methyl sites for hydroxylation is 1. The molecule has 0 radical (unpaired) electrons. The topological polar surface area (TPSA) is 17.8 Å². The first-order valence-electron chi connectivity index (χ1n) is 17.1. The predicted octanol–water partition coefficient (Wildman–Crippen LogP) is 9.33. The molecule has 0 amide bonds. The number of benzene rings is 5. The standard InChI is InChI=1S/C46H36N2/c1-31-14-13-21-39-43(31)45(34-17-7-3-8-18-34)38-29-28-36(30-40(38)44(39)33-15-5-2-6-16-33)32-24-26-35(27-25-32)46-47-41-22-11-12-23-42(41)48(46)37-19-9-4-10-20-37/h2-10,12-21,23-31,43H,11,22H2,1H3. The van der Waals surface area contributed by atoms with Gasteiger partial charge >= 0.3 is 0 Å². The van der Waals surface area contributed by atoms with Crippen molar-refractivity contribution in [3.8, 4) is 28.2 Å². The molecular formula is C46H36N2. The molecule has 2 unspecified atom stereocenters. The van der Waals surface area contributed by atoms with Crippen molar-refractivity contribution in [1.82, 2.24) is 9.55 Å².